The highest BCUT2D eigenvalue weighted by molar-refractivity contribution is 6.68. The third kappa shape index (κ3) is 6.03. The fourth-order valence-electron chi connectivity index (χ4n) is 2.22. The minimum atomic E-state index is -1.96. The molecule has 0 aliphatic carbocycles. The van der Waals surface area contributed by atoms with Crippen molar-refractivity contribution in [2.45, 2.75) is 16.5 Å². The first-order chi connectivity index (χ1) is 13.1. The molecule has 1 atom stereocenters. The molecule has 0 spiro atoms. The van der Waals surface area contributed by atoms with Crippen molar-refractivity contribution >= 4 is 52.1 Å². The van der Waals surface area contributed by atoms with Crippen LogP contribution in [0.1, 0.15) is 15.9 Å². The standard InChI is InChI=1S/C16H13Cl3N4O5/c17-16(18,19)15(20-9-10-4-2-1-3-5-10)21-14(24)11-6-12(22(25)26)8-13(7-11)23(27)28/h1-8,15,20H,9H2,(H,21,24)/t15-/m0/s1. The zero-order valence-electron chi connectivity index (χ0n) is 14.0. The Labute approximate surface area is 173 Å². The maximum absolute atomic E-state index is 12.5. The molecule has 0 saturated heterocycles. The van der Waals surface area contributed by atoms with Gasteiger partial charge in [0, 0.05) is 18.7 Å². The smallest absolute Gasteiger partial charge is 0.277 e. The van der Waals surface area contributed by atoms with E-state index in [0.717, 1.165) is 23.8 Å². The Morgan fingerprint density at radius 1 is 1.00 bits per heavy atom. The summed E-state index contributed by atoms with van der Waals surface area (Å²) < 4.78 is -1.96. The van der Waals surface area contributed by atoms with Gasteiger partial charge in [-0.1, -0.05) is 65.1 Å². The van der Waals surface area contributed by atoms with E-state index >= 15 is 0 Å². The van der Waals surface area contributed by atoms with Gasteiger partial charge in [0.25, 0.3) is 17.3 Å². The summed E-state index contributed by atoms with van der Waals surface area (Å²) in [6, 6.07) is 11.6. The normalized spacial score (nSPS) is 12.2. The lowest BCUT2D eigenvalue weighted by Gasteiger charge is -2.26. The van der Waals surface area contributed by atoms with Crippen LogP contribution in [0.2, 0.25) is 0 Å². The van der Waals surface area contributed by atoms with Crippen LogP contribution < -0.4 is 10.6 Å². The highest BCUT2D eigenvalue weighted by Gasteiger charge is 2.34. The van der Waals surface area contributed by atoms with Gasteiger partial charge >= 0.3 is 0 Å². The number of carbonyl (C=O) groups excluding carboxylic acids is 1. The molecule has 0 aromatic heterocycles. The molecular weight excluding hydrogens is 435 g/mol. The van der Waals surface area contributed by atoms with E-state index in [2.05, 4.69) is 10.6 Å². The maximum Gasteiger partial charge on any atom is 0.277 e. The van der Waals surface area contributed by atoms with Gasteiger partial charge < -0.3 is 5.32 Å². The first kappa shape index (κ1) is 21.8. The number of alkyl halides is 3. The number of amides is 1. The number of benzene rings is 2. The van der Waals surface area contributed by atoms with Crippen molar-refractivity contribution in [3.63, 3.8) is 0 Å². The van der Waals surface area contributed by atoms with Crippen molar-refractivity contribution in [1.29, 1.82) is 0 Å². The van der Waals surface area contributed by atoms with Crippen LogP contribution in [-0.4, -0.2) is 25.7 Å². The molecule has 28 heavy (non-hydrogen) atoms. The second kappa shape index (κ2) is 9.16. The zero-order valence-corrected chi connectivity index (χ0v) is 16.2. The van der Waals surface area contributed by atoms with E-state index in [0.29, 0.717) is 0 Å². The van der Waals surface area contributed by atoms with Crippen LogP contribution in [0, 0.1) is 20.2 Å². The minimum Gasteiger partial charge on any atom is -0.333 e. The molecular formula is C16H13Cl3N4O5. The van der Waals surface area contributed by atoms with Crippen LogP contribution in [0.15, 0.2) is 48.5 Å². The van der Waals surface area contributed by atoms with E-state index in [-0.39, 0.29) is 12.1 Å². The van der Waals surface area contributed by atoms with Gasteiger partial charge in [0.2, 0.25) is 3.79 Å². The highest BCUT2D eigenvalue weighted by Crippen LogP contribution is 2.30. The largest absolute Gasteiger partial charge is 0.333 e. The van der Waals surface area contributed by atoms with Gasteiger partial charge in [0.15, 0.2) is 0 Å². The number of halogens is 3. The highest BCUT2D eigenvalue weighted by atomic mass is 35.6. The van der Waals surface area contributed by atoms with E-state index in [4.69, 9.17) is 34.8 Å². The SMILES string of the molecule is O=C(N[C@H](NCc1ccccc1)C(Cl)(Cl)Cl)c1cc([N+](=O)[O-])cc([N+](=O)[O-])c1. The molecule has 2 rings (SSSR count). The molecule has 2 aromatic carbocycles. The van der Waals surface area contributed by atoms with Crippen LogP contribution in [-0.2, 0) is 6.54 Å². The van der Waals surface area contributed by atoms with Crippen LogP contribution in [0.5, 0.6) is 0 Å². The quantitative estimate of drug-likeness (QED) is 0.288. The van der Waals surface area contributed by atoms with Crippen molar-refractivity contribution in [3.05, 3.63) is 79.9 Å². The van der Waals surface area contributed by atoms with Crippen molar-refractivity contribution < 1.29 is 14.6 Å². The summed E-state index contributed by atoms with van der Waals surface area (Å²) in [4.78, 5) is 32.7. The Morgan fingerprint density at radius 3 is 2.00 bits per heavy atom. The molecule has 12 heteroatoms. The van der Waals surface area contributed by atoms with E-state index in [9.17, 15) is 25.0 Å². The average Bonchev–Trinajstić information content (AvgIpc) is 2.64. The van der Waals surface area contributed by atoms with E-state index in [1.807, 2.05) is 30.3 Å². The number of nitrogens with one attached hydrogen (secondary N) is 2. The summed E-state index contributed by atoms with van der Waals surface area (Å²) >= 11 is 17.7. The third-order valence-electron chi connectivity index (χ3n) is 3.54. The number of rotatable bonds is 7. The fourth-order valence-corrected chi connectivity index (χ4v) is 2.61. The fraction of sp³-hybridized carbons (Fsp3) is 0.188. The molecule has 0 aliphatic rings. The van der Waals surface area contributed by atoms with Gasteiger partial charge in [-0.3, -0.25) is 30.3 Å². The first-order valence-corrected chi connectivity index (χ1v) is 8.80. The van der Waals surface area contributed by atoms with Gasteiger partial charge in [0.1, 0.15) is 6.17 Å². The van der Waals surface area contributed by atoms with Crippen molar-refractivity contribution in [3.8, 4) is 0 Å². The van der Waals surface area contributed by atoms with Crippen molar-refractivity contribution in [2.75, 3.05) is 0 Å². The summed E-state index contributed by atoms with van der Waals surface area (Å²) in [5.74, 6) is -0.885. The first-order valence-electron chi connectivity index (χ1n) is 7.66. The summed E-state index contributed by atoms with van der Waals surface area (Å²) in [7, 11) is 0. The van der Waals surface area contributed by atoms with Gasteiger partial charge in [-0.05, 0) is 5.56 Å². The monoisotopic (exact) mass is 446 g/mol. The Balaban J connectivity index is 2.23. The maximum atomic E-state index is 12.5. The number of nitro benzene ring substituents is 2. The van der Waals surface area contributed by atoms with E-state index < -0.39 is 37.1 Å². The number of carbonyl (C=O) groups is 1. The van der Waals surface area contributed by atoms with Gasteiger partial charge in [0.05, 0.1) is 21.5 Å². The predicted octanol–water partition coefficient (Wildman–Crippen LogP) is 3.72. The lowest BCUT2D eigenvalue weighted by Crippen LogP contribution is -2.53. The molecule has 9 nitrogen and oxygen atoms in total. The molecule has 1 amide bonds. The lowest BCUT2D eigenvalue weighted by molar-refractivity contribution is -0.394. The Kier molecular flexibility index (Phi) is 7.14. The number of nitrogens with zero attached hydrogens (tertiary/aromatic N) is 2. The van der Waals surface area contributed by atoms with E-state index in [1.54, 1.807) is 0 Å². The summed E-state index contributed by atoms with van der Waals surface area (Å²) in [6.45, 7) is 0.245. The molecule has 0 bridgehead atoms. The summed E-state index contributed by atoms with van der Waals surface area (Å²) in [6.07, 6.45) is -1.18. The third-order valence-corrected chi connectivity index (χ3v) is 4.20. The second-order valence-corrected chi connectivity index (χ2v) is 7.94. The summed E-state index contributed by atoms with van der Waals surface area (Å²) in [5.41, 5.74) is -0.687. The molecule has 0 aliphatic heterocycles. The Bertz CT molecular complexity index is 857. The Hall–Kier alpha value is -2.46. The summed E-state index contributed by atoms with van der Waals surface area (Å²) in [5, 5.41) is 27.2. The molecule has 0 heterocycles. The Morgan fingerprint density at radius 2 is 1.54 bits per heavy atom. The molecule has 0 unspecified atom stereocenters. The van der Waals surface area contributed by atoms with Crippen molar-refractivity contribution in [1.82, 2.24) is 10.6 Å². The second-order valence-electron chi connectivity index (χ2n) is 5.57. The van der Waals surface area contributed by atoms with Gasteiger partial charge in [-0.2, -0.15) is 0 Å². The van der Waals surface area contributed by atoms with Crippen molar-refractivity contribution in [2.24, 2.45) is 0 Å². The molecule has 0 fully saturated rings. The number of hydrogen-bond donors (Lipinski definition) is 2. The zero-order chi connectivity index (χ0) is 20.9. The van der Waals surface area contributed by atoms with Crippen LogP contribution in [0.3, 0.4) is 0 Å². The minimum absolute atomic E-state index is 0.245. The predicted molar refractivity (Wildman–Crippen MR) is 105 cm³/mol. The molecule has 148 valence electrons. The van der Waals surface area contributed by atoms with Crippen LogP contribution in [0.25, 0.3) is 0 Å². The molecule has 0 radical (unpaired) electrons. The topological polar surface area (TPSA) is 127 Å². The lowest BCUT2D eigenvalue weighted by atomic mass is 10.1. The van der Waals surface area contributed by atoms with Crippen LogP contribution >= 0.6 is 34.8 Å². The van der Waals surface area contributed by atoms with Gasteiger partial charge in [-0.25, -0.2) is 0 Å². The number of hydrogen-bond acceptors (Lipinski definition) is 6. The van der Waals surface area contributed by atoms with Gasteiger partial charge in [-0.15, -0.1) is 0 Å². The average molecular weight is 448 g/mol. The molecule has 2 N–H and O–H groups in total. The molecule has 0 saturated carbocycles. The van der Waals surface area contributed by atoms with E-state index in [1.165, 1.54) is 0 Å². The van der Waals surface area contributed by atoms with Crippen LogP contribution in [0.4, 0.5) is 11.4 Å². The number of non-ortho nitro benzene ring substituents is 2. The number of nitro groups is 2. The molecule has 2 aromatic rings.